The number of carboxylic acid groups (broad SMARTS) is 1. The minimum Gasteiger partial charge on any atom is -0.478 e. The van der Waals surface area contributed by atoms with Crippen molar-refractivity contribution in [3.05, 3.63) is 22.8 Å². The number of aromatic carboxylic acids is 1. The van der Waals surface area contributed by atoms with Crippen LogP contribution in [0.25, 0.3) is 0 Å². The van der Waals surface area contributed by atoms with Gasteiger partial charge in [-0.05, 0) is 26.0 Å². The Labute approximate surface area is 111 Å². The molecule has 1 rings (SSSR count). The molecule has 0 bridgehead atoms. The van der Waals surface area contributed by atoms with Crippen LogP contribution in [0.2, 0.25) is 5.15 Å². The molecule has 6 heteroatoms. The van der Waals surface area contributed by atoms with E-state index in [4.69, 9.17) is 21.4 Å². The van der Waals surface area contributed by atoms with Crippen molar-refractivity contribution >= 4 is 23.4 Å². The third kappa shape index (κ3) is 4.50. The van der Waals surface area contributed by atoms with Gasteiger partial charge in [0.2, 0.25) is 0 Å². The third-order valence-electron chi connectivity index (χ3n) is 2.30. The van der Waals surface area contributed by atoms with Gasteiger partial charge in [-0.15, -0.1) is 0 Å². The normalized spacial score (nSPS) is 10.7. The predicted molar refractivity (Wildman–Crippen MR) is 70.6 cm³/mol. The van der Waals surface area contributed by atoms with Gasteiger partial charge in [0.1, 0.15) is 11.0 Å². The maximum Gasteiger partial charge on any atom is 0.335 e. The lowest BCUT2D eigenvalue weighted by molar-refractivity contribution is 0.0697. The molecule has 100 valence electrons. The monoisotopic (exact) mass is 272 g/mol. The number of anilines is 1. The molecule has 1 N–H and O–H groups in total. The van der Waals surface area contributed by atoms with Crippen molar-refractivity contribution in [3.63, 3.8) is 0 Å². The van der Waals surface area contributed by atoms with E-state index < -0.39 is 5.97 Å². The van der Waals surface area contributed by atoms with Crippen LogP contribution in [0.3, 0.4) is 0 Å². The Morgan fingerprint density at radius 1 is 1.56 bits per heavy atom. The van der Waals surface area contributed by atoms with Crippen molar-refractivity contribution in [3.8, 4) is 0 Å². The molecule has 18 heavy (non-hydrogen) atoms. The molecule has 0 aliphatic carbocycles. The Morgan fingerprint density at radius 2 is 2.22 bits per heavy atom. The second kappa shape index (κ2) is 6.56. The van der Waals surface area contributed by atoms with Gasteiger partial charge in [0, 0.05) is 13.6 Å². The van der Waals surface area contributed by atoms with Gasteiger partial charge in [-0.25, -0.2) is 9.78 Å². The van der Waals surface area contributed by atoms with Crippen LogP contribution in [-0.4, -0.2) is 42.4 Å². The van der Waals surface area contributed by atoms with E-state index in [1.807, 2.05) is 20.9 Å². The van der Waals surface area contributed by atoms with Crippen molar-refractivity contribution in [1.82, 2.24) is 4.98 Å². The molecule has 0 amide bonds. The first kappa shape index (κ1) is 14.7. The van der Waals surface area contributed by atoms with Crippen molar-refractivity contribution in [2.75, 3.05) is 25.1 Å². The number of carbonyl (C=O) groups is 1. The maximum atomic E-state index is 10.9. The molecule has 0 spiro atoms. The highest BCUT2D eigenvalue weighted by atomic mass is 35.5. The molecule has 0 atom stereocenters. The van der Waals surface area contributed by atoms with E-state index in [1.165, 1.54) is 12.1 Å². The van der Waals surface area contributed by atoms with Crippen LogP contribution >= 0.6 is 11.6 Å². The molecule has 0 fully saturated rings. The van der Waals surface area contributed by atoms with E-state index in [9.17, 15) is 4.79 Å². The summed E-state index contributed by atoms with van der Waals surface area (Å²) in [6.45, 7) is 5.08. The highest BCUT2D eigenvalue weighted by Gasteiger charge is 2.10. The first-order chi connectivity index (χ1) is 8.40. The third-order valence-corrected chi connectivity index (χ3v) is 2.49. The van der Waals surface area contributed by atoms with Gasteiger partial charge < -0.3 is 14.7 Å². The largest absolute Gasteiger partial charge is 0.478 e. The zero-order valence-electron chi connectivity index (χ0n) is 10.7. The van der Waals surface area contributed by atoms with Gasteiger partial charge in [-0.2, -0.15) is 0 Å². The summed E-state index contributed by atoms with van der Waals surface area (Å²) < 4.78 is 5.42. The summed E-state index contributed by atoms with van der Waals surface area (Å²) in [5.41, 5.74) is 0.127. The predicted octanol–water partition coefficient (Wildman–Crippen LogP) is 2.29. The van der Waals surface area contributed by atoms with E-state index in [0.717, 1.165) is 0 Å². The molecule has 1 aromatic rings. The van der Waals surface area contributed by atoms with E-state index in [1.54, 1.807) is 4.90 Å². The molecular weight excluding hydrogens is 256 g/mol. The Kier molecular flexibility index (Phi) is 5.37. The molecule has 1 aromatic heterocycles. The number of likely N-dealkylation sites (N-methyl/N-ethyl adjacent to an activating group) is 1. The molecule has 1 heterocycles. The second-order valence-corrected chi connectivity index (χ2v) is 4.57. The molecule has 0 aliphatic heterocycles. The number of halogens is 1. The number of hydrogen-bond acceptors (Lipinski definition) is 4. The van der Waals surface area contributed by atoms with Crippen LogP contribution in [0.5, 0.6) is 0 Å². The van der Waals surface area contributed by atoms with Gasteiger partial charge in [0.15, 0.2) is 0 Å². The number of hydrogen-bond donors (Lipinski definition) is 1. The minimum atomic E-state index is -1.02. The fraction of sp³-hybridized carbons (Fsp3) is 0.500. The molecule has 0 unspecified atom stereocenters. The molecule has 0 aliphatic rings. The number of nitrogens with zero attached hydrogens (tertiary/aromatic N) is 2. The number of pyridine rings is 1. The van der Waals surface area contributed by atoms with Crippen LogP contribution in [0.15, 0.2) is 12.1 Å². The van der Waals surface area contributed by atoms with Crippen LogP contribution in [0.1, 0.15) is 24.2 Å². The average molecular weight is 273 g/mol. The molecule has 0 radical (unpaired) electrons. The summed E-state index contributed by atoms with van der Waals surface area (Å²) in [5.74, 6) is -0.500. The van der Waals surface area contributed by atoms with Crippen molar-refractivity contribution in [1.29, 1.82) is 0 Å². The van der Waals surface area contributed by atoms with E-state index in [-0.39, 0.29) is 16.8 Å². The molecule has 0 aromatic carbocycles. The van der Waals surface area contributed by atoms with Crippen LogP contribution in [-0.2, 0) is 4.74 Å². The van der Waals surface area contributed by atoms with Gasteiger partial charge in [-0.3, -0.25) is 0 Å². The Hall–Kier alpha value is -1.33. The van der Waals surface area contributed by atoms with Gasteiger partial charge in [0.05, 0.1) is 18.3 Å². The fourth-order valence-electron chi connectivity index (χ4n) is 1.34. The van der Waals surface area contributed by atoms with Crippen molar-refractivity contribution in [2.45, 2.75) is 20.0 Å². The SMILES string of the molecule is CC(C)OCCN(C)c1cc(C(=O)O)cc(Cl)n1. The van der Waals surface area contributed by atoms with E-state index in [2.05, 4.69) is 4.98 Å². The van der Waals surface area contributed by atoms with Gasteiger partial charge in [-0.1, -0.05) is 11.6 Å². The van der Waals surface area contributed by atoms with Crippen molar-refractivity contribution in [2.24, 2.45) is 0 Å². The molecule has 5 nitrogen and oxygen atoms in total. The summed E-state index contributed by atoms with van der Waals surface area (Å²) in [7, 11) is 1.81. The van der Waals surface area contributed by atoms with Crippen molar-refractivity contribution < 1.29 is 14.6 Å². The maximum absolute atomic E-state index is 10.9. The molecule has 0 saturated carbocycles. The van der Waals surface area contributed by atoms with Gasteiger partial charge >= 0.3 is 5.97 Å². The number of carboxylic acids is 1. The average Bonchev–Trinajstić information content (AvgIpc) is 2.27. The van der Waals surface area contributed by atoms with Crippen LogP contribution in [0, 0.1) is 0 Å². The quantitative estimate of drug-likeness (QED) is 0.805. The summed E-state index contributed by atoms with van der Waals surface area (Å²) in [6.07, 6.45) is 0.167. The summed E-state index contributed by atoms with van der Waals surface area (Å²) >= 11 is 5.79. The molecule has 0 saturated heterocycles. The lowest BCUT2D eigenvalue weighted by Gasteiger charge is -2.19. The number of aromatic nitrogens is 1. The highest BCUT2D eigenvalue weighted by Crippen LogP contribution is 2.17. The Morgan fingerprint density at radius 3 is 2.78 bits per heavy atom. The lowest BCUT2D eigenvalue weighted by atomic mass is 10.2. The number of ether oxygens (including phenoxy) is 1. The summed E-state index contributed by atoms with van der Waals surface area (Å²) in [6, 6.07) is 2.81. The van der Waals surface area contributed by atoms with Crippen LogP contribution in [0.4, 0.5) is 5.82 Å². The second-order valence-electron chi connectivity index (χ2n) is 4.18. The zero-order chi connectivity index (χ0) is 13.7. The first-order valence-corrected chi connectivity index (χ1v) is 6.01. The smallest absolute Gasteiger partial charge is 0.335 e. The topological polar surface area (TPSA) is 62.7 Å². The highest BCUT2D eigenvalue weighted by molar-refractivity contribution is 6.29. The van der Waals surface area contributed by atoms with Gasteiger partial charge in [0.25, 0.3) is 0 Å². The fourth-order valence-corrected chi connectivity index (χ4v) is 1.55. The lowest BCUT2D eigenvalue weighted by Crippen LogP contribution is -2.25. The first-order valence-electron chi connectivity index (χ1n) is 5.63. The minimum absolute atomic E-state index is 0.127. The Bertz CT molecular complexity index is 424. The molecular formula is C12H17ClN2O3. The Balaban J connectivity index is 2.73. The van der Waals surface area contributed by atoms with E-state index in [0.29, 0.717) is 19.0 Å². The van der Waals surface area contributed by atoms with Crippen LogP contribution < -0.4 is 4.90 Å². The van der Waals surface area contributed by atoms with E-state index >= 15 is 0 Å². The zero-order valence-corrected chi connectivity index (χ0v) is 11.4. The number of rotatable bonds is 6. The standard InChI is InChI=1S/C12H17ClN2O3/c1-8(2)18-5-4-15(3)11-7-9(12(16)17)6-10(13)14-11/h6-8H,4-5H2,1-3H3,(H,16,17). The summed E-state index contributed by atoms with van der Waals surface area (Å²) in [5, 5.41) is 9.10. The summed E-state index contributed by atoms with van der Waals surface area (Å²) in [4.78, 5) is 16.8.